The minimum absolute atomic E-state index is 0.461. The van der Waals surface area contributed by atoms with Gasteiger partial charge in [0.25, 0.3) is 0 Å². The zero-order valence-electron chi connectivity index (χ0n) is 7.94. The summed E-state index contributed by atoms with van der Waals surface area (Å²) in [5, 5.41) is 8.60. The Morgan fingerprint density at radius 3 is 2.46 bits per heavy atom. The average Bonchev–Trinajstić information content (AvgIpc) is 2.08. The van der Waals surface area contributed by atoms with Gasteiger partial charge in [0.1, 0.15) is 6.04 Å². The SMILES string of the molecule is CN1CCN(CC(N)C(=O)O)CC1. The van der Waals surface area contributed by atoms with Gasteiger partial charge in [0.05, 0.1) is 0 Å². The molecule has 0 aromatic heterocycles. The lowest BCUT2D eigenvalue weighted by atomic mass is 10.2. The zero-order valence-corrected chi connectivity index (χ0v) is 7.94. The molecule has 1 fully saturated rings. The number of likely N-dealkylation sites (N-methyl/N-ethyl adjacent to an activating group) is 1. The summed E-state index contributed by atoms with van der Waals surface area (Å²) in [5.74, 6) is -0.918. The molecular weight excluding hydrogens is 170 g/mol. The van der Waals surface area contributed by atoms with Crippen molar-refractivity contribution in [3.8, 4) is 0 Å². The Bertz CT molecular complexity index is 178. The number of rotatable bonds is 3. The number of hydrogen-bond acceptors (Lipinski definition) is 4. The minimum atomic E-state index is -0.918. The Morgan fingerprint density at radius 1 is 1.46 bits per heavy atom. The number of nitrogens with two attached hydrogens (primary N) is 1. The second-order valence-corrected chi connectivity index (χ2v) is 3.55. The number of aliphatic carboxylic acids is 1. The maximum Gasteiger partial charge on any atom is 0.321 e. The Labute approximate surface area is 78.1 Å². The van der Waals surface area contributed by atoms with E-state index in [0.29, 0.717) is 6.54 Å². The molecule has 13 heavy (non-hydrogen) atoms. The molecule has 0 aromatic rings. The van der Waals surface area contributed by atoms with Gasteiger partial charge in [-0.1, -0.05) is 0 Å². The second-order valence-electron chi connectivity index (χ2n) is 3.55. The molecule has 1 heterocycles. The van der Waals surface area contributed by atoms with Gasteiger partial charge >= 0.3 is 5.97 Å². The summed E-state index contributed by atoms with van der Waals surface area (Å²) in [5.41, 5.74) is 5.43. The van der Waals surface area contributed by atoms with Gasteiger partial charge in [-0.2, -0.15) is 0 Å². The van der Waals surface area contributed by atoms with Crippen molar-refractivity contribution in [1.29, 1.82) is 0 Å². The van der Waals surface area contributed by atoms with Crippen molar-refractivity contribution in [3.63, 3.8) is 0 Å². The van der Waals surface area contributed by atoms with Gasteiger partial charge in [-0.3, -0.25) is 9.69 Å². The highest BCUT2D eigenvalue weighted by molar-refractivity contribution is 5.73. The van der Waals surface area contributed by atoms with Crippen LogP contribution in [0.4, 0.5) is 0 Å². The molecule has 1 unspecified atom stereocenters. The highest BCUT2D eigenvalue weighted by Crippen LogP contribution is 1.99. The molecule has 1 saturated heterocycles. The molecule has 1 aliphatic heterocycles. The summed E-state index contributed by atoms with van der Waals surface area (Å²) in [6.07, 6.45) is 0. The Morgan fingerprint density at radius 2 is 2.00 bits per heavy atom. The first-order valence-electron chi connectivity index (χ1n) is 4.49. The van der Waals surface area contributed by atoms with E-state index in [9.17, 15) is 4.79 Å². The lowest BCUT2D eigenvalue weighted by Crippen LogP contribution is -2.50. The van der Waals surface area contributed by atoms with E-state index in [-0.39, 0.29) is 0 Å². The maximum atomic E-state index is 10.5. The van der Waals surface area contributed by atoms with Crippen molar-refractivity contribution in [2.45, 2.75) is 6.04 Å². The first-order valence-corrected chi connectivity index (χ1v) is 4.49. The predicted molar refractivity (Wildman–Crippen MR) is 49.5 cm³/mol. The van der Waals surface area contributed by atoms with E-state index in [2.05, 4.69) is 16.8 Å². The molecular formula is C8H17N3O2. The molecule has 76 valence electrons. The average molecular weight is 187 g/mol. The number of nitrogens with zero attached hydrogens (tertiary/aromatic N) is 2. The van der Waals surface area contributed by atoms with E-state index >= 15 is 0 Å². The van der Waals surface area contributed by atoms with Crippen LogP contribution in [-0.4, -0.2) is 66.7 Å². The minimum Gasteiger partial charge on any atom is -0.480 e. The third-order valence-electron chi connectivity index (χ3n) is 2.37. The predicted octanol–water partition coefficient (Wildman–Crippen LogP) is -1.35. The van der Waals surface area contributed by atoms with Gasteiger partial charge in [0.2, 0.25) is 0 Å². The number of carboxylic acid groups (broad SMARTS) is 1. The fourth-order valence-corrected chi connectivity index (χ4v) is 1.39. The van der Waals surface area contributed by atoms with Crippen LogP contribution in [0.2, 0.25) is 0 Å². The lowest BCUT2D eigenvalue weighted by Gasteiger charge is -2.32. The van der Waals surface area contributed by atoms with Crippen LogP contribution in [0.25, 0.3) is 0 Å². The van der Waals surface area contributed by atoms with Crippen molar-refractivity contribution in [1.82, 2.24) is 9.80 Å². The number of carbonyl (C=O) groups is 1. The largest absolute Gasteiger partial charge is 0.480 e. The molecule has 0 amide bonds. The van der Waals surface area contributed by atoms with Crippen molar-refractivity contribution >= 4 is 5.97 Å². The van der Waals surface area contributed by atoms with Gasteiger partial charge in [0, 0.05) is 32.7 Å². The van der Waals surface area contributed by atoms with Crippen LogP contribution in [0.15, 0.2) is 0 Å². The number of piperazine rings is 1. The summed E-state index contributed by atoms with van der Waals surface area (Å²) in [4.78, 5) is 14.8. The van der Waals surface area contributed by atoms with Gasteiger partial charge in [-0.15, -0.1) is 0 Å². The summed E-state index contributed by atoms with van der Waals surface area (Å²) in [6.45, 7) is 4.27. The maximum absolute atomic E-state index is 10.5. The van der Waals surface area contributed by atoms with E-state index in [4.69, 9.17) is 10.8 Å². The van der Waals surface area contributed by atoms with Crippen LogP contribution in [0, 0.1) is 0 Å². The number of carboxylic acids is 1. The third kappa shape index (κ3) is 3.30. The fourth-order valence-electron chi connectivity index (χ4n) is 1.39. The van der Waals surface area contributed by atoms with E-state index in [1.165, 1.54) is 0 Å². The molecule has 5 heteroatoms. The third-order valence-corrected chi connectivity index (χ3v) is 2.37. The van der Waals surface area contributed by atoms with Crippen LogP contribution >= 0.6 is 0 Å². The van der Waals surface area contributed by atoms with Crippen LogP contribution in [0.1, 0.15) is 0 Å². The lowest BCUT2D eigenvalue weighted by molar-refractivity contribution is -0.139. The van der Waals surface area contributed by atoms with Crippen LogP contribution < -0.4 is 5.73 Å². The molecule has 0 bridgehead atoms. The molecule has 0 aliphatic carbocycles. The molecule has 5 nitrogen and oxygen atoms in total. The van der Waals surface area contributed by atoms with Gasteiger partial charge in [-0.05, 0) is 7.05 Å². The van der Waals surface area contributed by atoms with Crippen molar-refractivity contribution in [2.75, 3.05) is 39.8 Å². The molecule has 0 spiro atoms. The molecule has 1 rings (SSSR count). The monoisotopic (exact) mass is 187 g/mol. The molecule has 3 N–H and O–H groups in total. The van der Waals surface area contributed by atoms with Gasteiger partial charge < -0.3 is 15.7 Å². The van der Waals surface area contributed by atoms with Gasteiger partial charge in [-0.25, -0.2) is 0 Å². The topological polar surface area (TPSA) is 69.8 Å². The van der Waals surface area contributed by atoms with E-state index < -0.39 is 12.0 Å². The second kappa shape index (κ2) is 4.55. The molecule has 1 atom stereocenters. The first-order chi connectivity index (χ1) is 6.09. The summed E-state index contributed by atoms with van der Waals surface area (Å²) >= 11 is 0. The summed E-state index contributed by atoms with van der Waals surface area (Å²) in [7, 11) is 2.06. The van der Waals surface area contributed by atoms with Crippen LogP contribution in [-0.2, 0) is 4.79 Å². The van der Waals surface area contributed by atoms with Crippen molar-refractivity contribution < 1.29 is 9.90 Å². The fraction of sp³-hybridized carbons (Fsp3) is 0.875. The first kappa shape index (κ1) is 10.4. The smallest absolute Gasteiger partial charge is 0.321 e. The van der Waals surface area contributed by atoms with Gasteiger partial charge in [0.15, 0.2) is 0 Å². The zero-order chi connectivity index (χ0) is 9.84. The van der Waals surface area contributed by atoms with E-state index in [1.807, 2.05) is 0 Å². The molecule has 1 aliphatic rings. The standard InChI is InChI=1S/C8H17N3O2/c1-10-2-4-11(5-3-10)6-7(9)8(12)13/h7H,2-6,9H2,1H3,(H,12,13). The highest BCUT2D eigenvalue weighted by Gasteiger charge is 2.19. The summed E-state index contributed by atoms with van der Waals surface area (Å²) in [6, 6.07) is -0.747. The Kier molecular flexibility index (Phi) is 3.65. The highest BCUT2D eigenvalue weighted by atomic mass is 16.4. The van der Waals surface area contributed by atoms with Crippen molar-refractivity contribution in [2.24, 2.45) is 5.73 Å². The summed E-state index contributed by atoms with van der Waals surface area (Å²) < 4.78 is 0. The Balaban J connectivity index is 2.26. The molecule has 0 radical (unpaired) electrons. The van der Waals surface area contributed by atoms with Crippen molar-refractivity contribution in [3.05, 3.63) is 0 Å². The molecule has 0 aromatic carbocycles. The van der Waals surface area contributed by atoms with E-state index in [1.54, 1.807) is 0 Å². The normalized spacial score (nSPS) is 22.9. The number of hydrogen-bond donors (Lipinski definition) is 2. The van der Waals surface area contributed by atoms with Crippen LogP contribution in [0.5, 0.6) is 0 Å². The van der Waals surface area contributed by atoms with Crippen LogP contribution in [0.3, 0.4) is 0 Å². The quantitative estimate of drug-likeness (QED) is 0.571. The molecule has 0 saturated carbocycles. The Hall–Kier alpha value is -0.650. The van der Waals surface area contributed by atoms with E-state index in [0.717, 1.165) is 26.2 Å².